The number of carbonyl (C=O) groups is 2. The number of ether oxygens (including phenoxy) is 2. The molecule has 0 unspecified atom stereocenters. The summed E-state index contributed by atoms with van der Waals surface area (Å²) < 4.78 is 10.4. The van der Waals surface area contributed by atoms with Gasteiger partial charge in [-0.05, 0) is 64.4 Å². The summed E-state index contributed by atoms with van der Waals surface area (Å²) in [4.78, 5) is 30.1. The van der Waals surface area contributed by atoms with Crippen molar-refractivity contribution in [1.29, 1.82) is 0 Å². The molecule has 158 valence electrons. The van der Waals surface area contributed by atoms with E-state index in [2.05, 4.69) is 10.3 Å². The average Bonchev–Trinajstić information content (AvgIpc) is 3.07. The first-order valence-electron chi connectivity index (χ1n) is 8.84. The summed E-state index contributed by atoms with van der Waals surface area (Å²) in [5.74, 6) is 0.130. The lowest BCUT2D eigenvalue weighted by Gasteiger charge is -2.30. The van der Waals surface area contributed by atoms with Crippen LogP contribution in [0.15, 0.2) is 24.4 Å². The number of nitrogens with zero attached hydrogens (tertiary/aromatic N) is 2. The van der Waals surface area contributed by atoms with Crippen LogP contribution in [0.25, 0.3) is 6.08 Å². The van der Waals surface area contributed by atoms with E-state index in [1.165, 1.54) is 6.08 Å². The van der Waals surface area contributed by atoms with Gasteiger partial charge in [0.2, 0.25) is 0 Å². The first-order chi connectivity index (χ1) is 12.3. The van der Waals surface area contributed by atoms with Gasteiger partial charge in [-0.25, -0.2) is 14.6 Å². The van der Waals surface area contributed by atoms with Gasteiger partial charge in [-0.2, -0.15) is 0 Å². The van der Waals surface area contributed by atoms with E-state index in [9.17, 15) is 9.59 Å². The van der Waals surface area contributed by atoms with E-state index in [0.717, 1.165) is 18.5 Å². The van der Waals surface area contributed by atoms with E-state index in [-0.39, 0.29) is 30.9 Å². The molecule has 2 rings (SSSR count). The number of pyridine rings is 1. The lowest BCUT2D eigenvalue weighted by Crippen LogP contribution is -2.45. The molecular weight excluding hydrogens is 405 g/mol. The second kappa shape index (κ2) is 11.9. The largest absolute Gasteiger partial charge is 0.463 e. The monoisotopic (exact) mass is 433 g/mol. The normalized spacial score (nSPS) is 16.1. The SMILES string of the molecule is CCOC(=O)/C=C/c1ccc(N(C(=O)OC(C)(C)C)[C@@H]2CCNC2)nc1.Cl.Cl. The van der Waals surface area contributed by atoms with Crippen molar-refractivity contribution < 1.29 is 19.1 Å². The first kappa shape index (κ1) is 26.2. The Morgan fingerprint density at radius 2 is 2.04 bits per heavy atom. The second-order valence-electron chi connectivity index (χ2n) is 7.03. The minimum Gasteiger partial charge on any atom is -0.463 e. The van der Waals surface area contributed by atoms with Crippen molar-refractivity contribution in [2.45, 2.75) is 45.8 Å². The molecule has 0 aliphatic carbocycles. The molecule has 1 atom stereocenters. The predicted molar refractivity (Wildman–Crippen MR) is 114 cm³/mol. The molecule has 1 amide bonds. The van der Waals surface area contributed by atoms with Gasteiger partial charge in [-0.1, -0.05) is 0 Å². The standard InChI is InChI=1S/C19H27N3O4.2ClH/c1-5-25-17(23)9-7-14-6-8-16(21-12-14)22(15-10-11-20-13-15)18(24)26-19(2,3)4;;/h6-9,12,15,20H,5,10-11,13H2,1-4H3;2*1H/b9-7+;;/t15-;;/m1../s1. The van der Waals surface area contributed by atoms with Crippen LogP contribution in [0.4, 0.5) is 10.6 Å². The molecule has 2 heterocycles. The summed E-state index contributed by atoms with van der Waals surface area (Å²) >= 11 is 0. The van der Waals surface area contributed by atoms with Crippen molar-refractivity contribution >= 4 is 48.8 Å². The van der Waals surface area contributed by atoms with Gasteiger partial charge in [0, 0.05) is 18.8 Å². The van der Waals surface area contributed by atoms with E-state index in [1.54, 1.807) is 36.2 Å². The zero-order valence-corrected chi connectivity index (χ0v) is 18.3. The average molecular weight is 434 g/mol. The van der Waals surface area contributed by atoms with Crippen LogP contribution in [0.3, 0.4) is 0 Å². The lowest BCUT2D eigenvalue weighted by atomic mass is 10.2. The van der Waals surface area contributed by atoms with E-state index >= 15 is 0 Å². The molecule has 1 fully saturated rings. The quantitative estimate of drug-likeness (QED) is 0.564. The third-order valence-electron chi connectivity index (χ3n) is 3.71. The molecule has 0 spiro atoms. The highest BCUT2D eigenvalue weighted by molar-refractivity contribution is 5.88. The number of esters is 1. The number of hydrogen-bond acceptors (Lipinski definition) is 6. The zero-order chi connectivity index (χ0) is 19.2. The molecule has 1 aliphatic rings. The summed E-state index contributed by atoms with van der Waals surface area (Å²) in [5.41, 5.74) is 0.166. The summed E-state index contributed by atoms with van der Waals surface area (Å²) in [7, 11) is 0. The first-order valence-corrected chi connectivity index (χ1v) is 8.84. The van der Waals surface area contributed by atoms with Crippen molar-refractivity contribution in [3.63, 3.8) is 0 Å². The Bertz CT molecular complexity index is 654. The number of carbonyl (C=O) groups excluding carboxylic acids is 2. The molecule has 1 saturated heterocycles. The molecule has 0 bridgehead atoms. The number of nitrogens with one attached hydrogen (secondary N) is 1. The molecule has 1 N–H and O–H groups in total. The van der Waals surface area contributed by atoms with E-state index < -0.39 is 17.7 Å². The van der Waals surface area contributed by atoms with Gasteiger partial charge in [-0.15, -0.1) is 24.8 Å². The molecule has 9 heteroatoms. The third-order valence-corrected chi connectivity index (χ3v) is 3.71. The van der Waals surface area contributed by atoms with Crippen LogP contribution in [-0.2, 0) is 14.3 Å². The van der Waals surface area contributed by atoms with Crippen molar-refractivity contribution in [3.8, 4) is 0 Å². The molecular formula is C19H29Cl2N3O4. The molecule has 7 nitrogen and oxygen atoms in total. The lowest BCUT2D eigenvalue weighted by molar-refractivity contribution is -0.137. The topological polar surface area (TPSA) is 80.8 Å². The summed E-state index contributed by atoms with van der Waals surface area (Å²) in [5, 5.41) is 3.26. The Morgan fingerprint density at radius 1 is 1.32 bits per heavy atom. The van der Waals surface area contributed by atoms with Crippen molar-refractivity contribution in [2.24, 2.45) is 0 Å². The Labute approximate surface area is 178 Å². The maximum atomic E-state index is 12.7. The molecule has 0 saturated carbocycles. The minimum absolute atomic E-state index is 0. The Kier molecular flexibility index (Phi) is 11.1. The second-order valence-corrected chi connectivity index (χ2v) is 7.03. The van der Waals surface area contributed by atoms with Gasteiger partial charge in [0.05, 0.1) is 12.6 Å². The van der Waals surface area contributed by atoms with Crippen LogP contribution >= 0.6 is 24.8 Å². The van der Waals surface area contributed by atoms with Crippen LogP contribution in [0.5, 0.6) is 0 Å². The predicted octanol–water partition coefficient (Wildman–Crippen LogP) is 3.60. The van der Waals surface area contributed by atoms with Gasteiger partial charge >= 0.3 is 12.1 Å². The Balaban J connectivity index is 0.00000364. The number of anilines is 1. The fourth-order valence-corrected chi connectivity index (χ4v) is 2.59. The molecule has 1 aliphatic heterocycles. The fourth-order valence-electron chi connectivity index (χ4n) is 2.59. The molecule has 28 heavy (non-hydrogen) atoms. The van der Waals surface area contributed by atoms with E-state index in [0.29, 0.717) is 19.0 Å². The summed E-state index contributed by atoms with van der Waals surface area (Å²) in [6.07, 6.45) is 5.03. The maximum Gasteiger partial charge on any atom is 0.416 e. The molecule has 0 radical (unpaired) electrons. The number of halogens is 2. The number of hydrogen-bond donors (Lipinski definition) is 1. The van der Waals surface area contributed by atoms with Gasteiger partial charge in [0.25, 0.3) is 0 Å². The fraction of sp³-hybridized carbons (Fsp3) is 0.526. The van der Waals surface area contributed by atoms with Crippen molar-refractivity contribution in [3.05, 3.63) is 30.0 Å². The van der Waals surface area contributed by atoms with Gasteiger partial charge in [0.15, 0.2) is 0 Å². The van der Waals surface area contributed by atoms with Crippen molar-refractivity contribution in [1.82, 2.24) is 10.3 Å². The van der Waals surface area contributed by atoms with Crippen LogP contribution in [0, 0.1) is 0 Å². The Morgan fingerprint density at radius 3 is 2.54 bits per heavy atom. The number of aromatic nitrogens is 1. The molecule has 1 aromatic rings. The van der Waals surface area contributed by atoms with Crippen LogP contribution in [0.2, 0.25) is 0 Å². The van der Waals surface area contributed by atoms with Crippen LogP contribution in [0.1, 0.15) is 39.7 Å². The van der Waals surface area contributed by atoms with Gasteiger partial charge in [0.1, 0.15) is 11.4 Å². The highest BCUT2D eigenvalue weighted by Crippen LogP contribution is 2.22. The minimum atomic E-state index is -0.580. The zero-order valence-electron chi connectivity index (χ0n) is 16.6. The van der Waals surface area contributed by atoms with Crippen molar-refractivity contribution in [2.75, 3.05) is 24.6 Å². The molecule has 1 aromatic heterocycles. The highest BCUT2D eigenvalue weighted by Gasteiger charge is 2.32. The smallest absolute Gasteiger partial charge is 0.416 e. The maximum absolute atomic E-state index is 12.7. The number of rotatable bonds is 5. The van der Waals surface area contributed by atoms with Crippen LogP contribution in [-0.4, -0.2) is 48.4 Å². The Hall–Kier alpha value is -1.83. The van der Waals surface area contributed by atoms with E-state index in [1.807, 2.05) is 20.8 Å². The highest BCUT2D eigenvalue weighted by atomic mass is 35.5. The summed E-state index contributed by atoms with van der Waals surface area (Å²) in [6, 6.07) is 3.56. The van der Waals surface area contributed by atoms with Gasteiger partial charge < -0.3 is 14.8 Å². The molecule has 0 aromatic carbocycles. The van der Waals surface area contributed by atoms with Crippen LogP contribution < -0.4 is 10.2 Å². The van der Waals surface area contributed by atoms with E-state index in [4.69, 9.17) is 9.47 Å². The van der Waals surface area contributed by atoms with Gasteiger partial charge in [-0.3, -0.25) is 4.90 Å². The number of amides is 1. The third kappa shape index (κ3) is 8.04. The summed E-state index contributed by atoms with van der Waals surface area (Å²) in [6.45, 7) is 9.16.